The van der Waals surface area contributed by atoms with Crippen LogP contribution < -0.4 is 20.8 Å². The number of nitrogens with zero attached hydrogens (tertiary/aromatic N) is 6. The van der Waals surface area contributed by atoms with Gasteiger partial charge in [-0.15, -0.1) is 0 Å². The summed E-state index contributed by atoms with van der Waals surface area (Å²) in [5, 5.41) is 0. The molecule has 0 aliphatic carbocycles. The van der Waals surface area contributed by atoms with Crippen molar-refractivity contribution in [3.63, 3.8) is 0 Å². The van der Waals surface area contributed by atoms with Crippen LogP contribution in [0.25, 0.3) is 11.2 Å². The predicted molar refractivity (Wildman–Crippen MR) is 100 cm³/mol. The molecule has 4 heterocycles. The van der Waals surface area contributed by atoms with Gasteiger partial charge < -0.3 is 14.2 Å². The molecule has 12 heteroatoms. The maximum absolute atomic E-state index is 13.6. The Morgan fingerprint density at radius 1 is 1.07 bits per heavy atom. The highest BCUT2D eigenvalue weighted by atomic mass is 19.3. The van der Waals surface area contributed by atoms with E-state index in [-0.39, 0.29) is 23.0 Å². The van der Waals surface area contributed by atoms with E-state index >= 15 is 0 Å². The standard InChI is InChI=1S/C18H17F3N6O3/c1-25-13-6-10(19)7-22-14(13)27(16(29)15(25)28)11-2-4-26(5-3-11)18-23-8-12(9-24-18)30-17(20)21/h6-9,11,17H,2-5H2,1H3. The second-order valence-corrected chi connectivity index (χ2v) is 6.85. The number of aromatic nitrogens is 5. The molecule has 0 saturated carbocycles. The molecule has 1 fully saturated rings. The number of hydrogen-bond donors (Lipinski definition) is 0. The molecule has 3 aromatic rings. The van der Waals surface area contributed by atoms with Crippen LogP contribution in [0.15, 0.2) is 34.2 Å². The zero-order valence-electron chi connectivity index (χ0n) is 15.8. The summed E-state index contributed by atoms with van der Waals surface area (Å²) in [6, 6.07) is 0.857. The van der Waals surface area contributed by atoms with Crippen LogP contribution in [-0.4, -0.2) is 43.8 Å². The van der Waals surface area contributed by atoms with Crippen LogP contribution in [0, 0.1) is 5.82 Å². The molecule has 0 aromatic carbocycles. The van der Waals surface area contributed by atoms with E-state index in [9.17, 15) is 22.8 Å². The SMILES string of the molecule is Cn1c(=O)c(=O)n(C2CCN(c3ncc(OC(F)F)cn3)CC2)c2ncc(F)cc21. The number of hydrogen-bond acceptors (Lipinski definition) is 7. The quantitative estimate of drug-likeness (QED) is 0.588. The first-order chi connectivity index (χ1) is 14.3. The lowest BCUT2D eigenvalue weighted by Crippen LogP contribution is -2.45. The number of alkyl halides is 2. The second kappa shape index (κ2) is 7.76. The van der Waals surface area contributed by atoms with E-state index in [2.05, 4.69) is 19.7 Å². The maximum Gasteiger partial charge on any atom is 0.387 e. The van der Waals surface area contributed by atoms with Gasteiger partial charge in [0.15, 0.2) is 11.4 Å². The molecule has 1 aliphatic rings. The van der Waals surface area contributed by atoms with Crippen molar-refractivity contribution in [3.05, 3.63) is 51.2 Å². The van der Waals surface area contributed by atoms with Gasteiger partial charge >= 0.3 is 17.7 Å². The van der Waals surface area contributed by atoms with Gasteiger partial charge in [-0.05, 0) is 12.8 Å². The van der Waals surface area contributed by atoms with Crippen molar-refractivity contribution in [2.24, 2.45) is 7.05 Å². The molecule has 0 atom stereocenters. The fourth-order valence-corrected chi connectivity index (χ4v) is 3.61. The molecule has 4 rings (SSSR count). The van der Waals surface area contributed by atoms with Crippen LogP contribution in [0.5, 0.6) is 5.75 Å². The molecule has 0 N–H and O–H groups in total. The summed E-state index contributed by atoms with van der Waals surface area (Å²) in [5.74, 6) is -0.398. The number of ether oxygens (including phenoxy) is 1. The van der Waals surface area contributed by atoms with Crippen molar-refractivity contribution < 1.29 is 17.9 Å². The first kappa shape index (κ1) is 19.9. The minimum absolute atomic E-state index is 0.139. The second-order valence-electron chi connectivity index (χ2n) is 6.85. The first-order valence-electron chi connectivity index (χ1n) is 9.13. The maximum atomic E-state index is 13.6. The van der Waals surface area contributed by atoms with Gasteiger partial charge in [0, 0.05) is 32.2 Å². The molecule has 0 unspecified atom stereocenters. The zero-order valence-corrected chi connectivity index (χ0v) is 15.8. The third-order valence-corrected chi connectivity index (χ3v) is 5.06. The van der Waals surface area contributed by atoms with Gasteiger partial charge in [0.1, 0.15) is 5.82 Å². The van der Waals surface area contributed by atoms with E-state index < -0.39 is 23.5 Å². The molecule has 1 aliphatic heterocycles. The van der Waals surface area contributed by atoms with E-state index in [1.54, 1.807) is 0 Å². The Hall–Kier alpha value is -3.44. The lowest BCUT2D eigenvalue weighted by atomic mass is 10.0. The van der Waals surface area contributed by atoms with E-state index in [0.29, 0.717) is 31.9 Å². The van der Waals surface area contributed by atoms with Crippen LogP contribution in [0.3, 0.4) is 0 Å². The van der Waals surface area contributed by atoms with Crippen LogP contribution >= 0.6 is 0 Å². The van der Waals surface area contributed by atoms with Crippen molar-refractivity contribution in [1.82, 2.24) is 24.1 Å². The molecule has 158 valence electrons. The monoisotopic (exact) mass is 422 g/mol. The minimum atomic E-state index is -2.95. The van der Waals surface area contributed by atoms with Gasteiger partial charge in [-0.2, -0.15) is 8.78 Å². The molecular formula is C18H17F3N6O3. The Bertz CT molecular complexity index is 1190. The highest BCUT2D eigenvalue weighted by molar-refractivity contribution is 5.70. The van der Waals surface area contributed by atoms with E-state index in [1.807, 2.05) is 4.90 Å². The lowest BCUT2D eigenvalue weighted by Gasteiger charge is -2.33. The molecule has 0 bridgehead atoms. The summed E-state index contributed by atoms with van der Waals surface area (Å²) >= 11 is 0. The largest absolute Gasteiger partial charge is 0.432 e. The molecule has 1 saturated heterocycles. The Labute approximate surface area is 167 Å². The fraction of sp³-hybridized carbons (Fsp3) is 0.389. The topological polar surface area (TPSA) is 95.1 Å². The summed E-state index contributed by atoms with van der Waals surface area (Å²) in [4.78, 5) is 38.9. The normalized spacial score (nSPS) is 15.2. The predicted octanol–water partition coefficient (Wildman–Crippen LogP) is 1.47. The number of rotatable bonds is 4. The fourth-order valence-electron chi connectivity index (χ4n) is 3.61. The van der Waals surface area contributed by atoms with Crippen molar-refractivity contribution in [3.8, 4) is 5.75 Å². The Kier molecular flexibility index (Phi) is 5.14. The van der Waals surface area contributed by atoms with Crippen molar-refractivity contribution in [2.75, 3.05) is 18.0 Å². The third-order valence-electron chi connectivity index (χ3n) is 5.06. The van der Waals surface area contributed by atoms with Gasteiger partial charge in [-0.25, -0.2) is 19.3 Å². The van der Waals surface area contributed by atoms with Crippen LogP contribution in [0.4, 0.5) is 19.1 Å². The van der Waals surface area contributed by atoms with E-state index in [4.69, 9.17) is 0 Å². The van der Waals surface area contributed by atoms with Gasteiger partial charge in [0.05, 0.1) is 24.1 Å². The number of piperidine rings is 1. The minimum Gasteiger partial charge on any atom is -0.432 e. The summed E-state index contributed by atoms with van der Waals surface area (Å²) in [6.45, 7) is -2.03. The Morgan fingerprint density at radius 3 is 2.37 bits per heavy atom. The average molecular weight is 422 g/mol. The molecule has 0 amide bonds. The summed E-state index contributed by atoms with van der Waals surface area (Å²) in [5.41, 5.74) is -0.991. The van der Waals surface area contributed by atoms with Gasteiger partial charge in [0.2, 0.25) is 5.95 Å². The molecule has 0 radical (unpaired) electrons. The zero-order chi connectivity index (χ0) is 21.4. The molecule has 0 spiro atoms. The highest BCUT2D eigenvalue weighted by Gasteiger charge is 2.26. The number of aryl methyl sites for hydroxylation is 1. The molecule has 30 heavy (non-hydrogen) atoms. The molecular weight excluding hydrogens is 405 g/mol. The first-order valence-corrected chi connectivity index (χ1v) is 9.13. The summed E-state index contributed by atoms with van der Waals surface area (Å²) in [7, 11) is 1.40. The number of pyridine rings is 1. The van der Waals surface area contributed by atoms with Gasteiger partial charge in [-0.1, -0.05) is 0 Å². The van der Waals surface area contributed by atoms with Gasteiger partial charge in [-0.3, -0.25) is 14.2 Å². The molecule has 9 nitrogen and oxygen atoms in total. The number of anilines is 1. The van der Waals surface area contributed by atoms with Crippen molar-refractivity contribution in [1.29, 1.82) is 0 Å². The summed E-state index contributed by atoms with van der Waals surface area (Å²) < 4.78 is 44.7. The van der Waals surface area contributed by atoms with E-state index in [1.165, 1.54) is 17.7 Å². The van der Waals surface area contributed by atoms with Crippen molar-refractivity contribution >= 4 is 17.1 Å². The Morgan fingerprint density at radius 2 is 1.73 bits per heavy atom. The van der Waals surface area contributed by atoms with Crippen LogP contribution in [-0.2, 0) is 7.05 Å². The Balaban J connectivity index is 1.58. The van der Waals surface area contributed by atoms with Gasteiger partial charge in [0.25, 0.3) is 0 Å². The highest BCUT2D eigenvalue weighted by Crippen LogP contribution is 2.26. The van der Waals surface area contributed by atoms with Crippen LogP contribution in [0.1, 0.15) is 18.9 Å². The average Bonchev–Trinajstić information content (AvgIpc) is 2.73. The number of halogens is 3. The van der Waals surface area contributed by atoms with Crippen LogP contribution in [0.2, 0.25) is 0 Å². The third kappa shape index (κ3) is 3.60. The molecule has 3 aromatic heterocycles. The lowest BCUT2D eigenvalue weighted by molar-refractivity contribution is -0.0503. The smallest absolute Gasteiger partial charge is 0.387 e. The van der Waals surface area contributed by atoms with Crippen molar-refractivity contribution in [2.45, 2.75) is 25.5 Å². The number of fused-ring (bicyclic) bond motifs is 1. The summed E-state index contributed by atoms with van der Waals surface area (Å²) in [6.07, 6.45) is 4.31. The van der Waals surface area contributed by atoms with E-state index in [0.717, 1.165) is 23.2 Å².